The molecule has 1 aliphatic heterocycles. The molecule has 0 nitrogen and oxygen atoms in total. The first-order valence-electron chi connectivity index (χ1n) is 11.5. The highest BCUT2D eigenvalue weighted by Gasteiger charge is 2.31. The average molecular weight is 375 g/mol. The number of hydrogen-bond donors (Lipinski definition) is 0. The van der Waals surface area contributed by atoms with Crippen LogP contribution in [0, 0.1) is 17.7 Å². The molecule has 2 aliphatic rings. The normalized spacial score (nSPS) is 29.6. The molecule has 146 valence electrons. The smallest absolute Gasteiger partial charge is 0.123 e. The van der Waals surface area contributed by atoms with Crippen LogP contribution >= 0.6 is 0 Å². The molecule has 1 aliphatic carbocycles. The fourth-order valence-electron chi connectivity index (χ4n) is 5.60. The lowest BCUT2D eigenvalue weighted by Gasteiger charge is -2.37. The third-order valence-corrected chi connectivity index (χ3v) is 11.6. The zero-order chi connectivity index (χ0) is 18.2. The van der Waals surface area contributed by atoms with Gasteiger partial charge in [-0.05, 0) is 47.9 Å². The molecular formula is C24H39FSi. The lowest BCUT2D eigenvalue weighted by atomic mass is 9.85. The first-order chi connectivity index (χ1) is 12.7. The molecule has 1 aromatic rings. The lowest BCUT2D eigenvalue weighted by Crippen LogP contribution is -2.29. The summed E-state index contributed by atoms with van der Waals surface area (Å²) in [6.07, 6.45) is 17.4. The van der Waals surface area contributed by atoms with Gasteiger partial charge in [0.25, 0.3) is 0 Å². The molecule has 2 heteroatoms. The molecular weight excluding hydrogens is 335 g/mol. The van der Waals surface area contributed by atoms with Crippen LogP contribution in [0.25, 0.3) is 0 Å². The van der Waals surface area contributed by atoms with Gasteiger partial charge in [-0.15, -0.1) is 0 Å². The van der Waals surface area contributed by atoms with E-state index >= 15 is 0 Å². The quantitative estimate of drug-likeness (QED) is 0.326. The fraction of sp³-hybridized carbons (Fsp3) is 0.750. The Morgan fingerprint density at radius 3 is 2.15 bits per heavy atom. The molecule has 1 heterocycles. The van der Waals surface area contributed by atoms with Crippen molar-refractivity contribution in [2.24, 2.45) is 11.8 Å². The second-order valence-corrected chi connectivity index (χ2v) is 12.8. The maximum atomic E-state index is 13.0. The Labute approximate surface area is 162 Å². The molecule has 3 rings (SSSR count). The van der Waals surface area contributed by atoms with Crippen LogP contribution in [0.15, 0.2) is 24.3 Å². The minimum absolute atomic E-state index is 0.112. The Bertz CT molecular complexity index is 495. The van der Waals surface area contributed by atoms with Gasteiger partial charge in [-0.1, -0.05) is 95.4 Å². The Hall–Kier alpha value is -0.633. The monoisotopic (exact) mass is 374 g/mol. The molecule has 1 saturated heterocycles. The molecule has 0 atom stereocenters. The van der Waals surface area contributed by atoms with Crippen molar-refractivity contribution in [3.05, 3.63) is 35.6 Å². The minimum atomic E-state index is -0.441. The standard InChI is InChI=1S/C24H39FSi/c1-2-3-4-5-20-16-18-26(19-17-20)24-14-10-22(11-15-24)7-6-21-8-12-23(25)13-9-21/h8-9,12-13,20,22,24,26H,2-7,10-11,14-19H2,1H3. The molecule has 0 unspecified atom stereocenters. The molecule has 2 fully saturated rings. The summed E-state index contributed by atoms with van der Waals surface area (Å²) >= 11 is 0. The van der Waals surface area contributed by atoms with Gasteiger partial charge >= 0.3 is 0 Å². The van der Waals surface area contributed by atoms with Gasteiger partial charge in [-0.2, -0.15) is 0 Å². The first kappa shape index (κ1) is 20.1. The summed E-state index contributed by atoms with van der Waals surface area (Å²) in [7, 11) is -0.441. The molecule has 0 aromatic heterocycles. The molecule has 0 bridgehead atoms. The Kier molecular flexibility index (Phi) is 8.23. The van der Waals surface area contributed by atoms with Crippen LogP contribution in [0.4, 0.5) is 4.39 Å². The van der Waals surface area contributed by atoms with Gasteiger partial charge in [0.15, 0.2) is 0 Å². The van der Waals surface area contributed by atoms with E-state index < -0.39 is 8.80 Å². The number of halogens is 1. The summed E-state index contributed by atoms with van der Waals surface area (Å²) in [5, 5.41) is 0. The summed E-state index contributed by atoms with van der Waals surface area (Å²) in [5.41, 5.74) is 2.47. The van der Waals surface area contributed by atoms with Crippen molar-refractivity contribution in [1.29, 1.82) is 0 Å². The predicted molar refractivity (Wildman–Crippen MR) is 114 cm³/mol. The minimum Gasteiger partial charge on any atom is -0.207 e. The van der Waals surface area contributed by atoms with E-state index in [1.807, 2.05) is 12.1 Å². The molecule has 0 radical (unpaired) electrons. The maximum absolute atomic E-state index is 13.0. The number of rotatable bonds is 8. The van der Waals surface area contributed by atoms with E-state index in [9.17, 15) is 4.39 Å². The molecule has 0 spiro atoms. The van der Waals surface area contributed by atoms with Crippen molar-refractivity contribution >= 4 is 8.80 Å². The Balaban J connectivity index is 1.32. The molecule has 0 amide bonds. The lowest BCUT2D eigenvalue weighted by molar-refractivity contribution is 0.331. The second kappa shape index (κ2) is 10.6. The first-order valence-corrected chi connectivity index (χ1v) is 13.8. The van der Waals surface area contributed by atoms with E-state index in [0.717, 1.165) is 23.8 Å². The van der Waals surface area contributed by atoms with Gasteiger partial charge in [0, 0.05) is 8.80 Å². The summed E-state index contributed by atoms with van der Waals surface area (Å²) in [6.45, 7) is 2.32. The third-order valence-electron chi connectivity index (χ3n) is 7.42. The van der Waals surface area contributed by atoms with E-state index in [0.29, 0.717) is 0 Å². The van der Waals surface area contributed by atoms with E-state index in [1.165, 1.54) is 63.4 Å². The number of hydrogen-bond acceptors (Lipinski definition) is 0. The van der Waals surface area contributed by atoms with Gasteiger partial charge in [-0.3, -0.25) is 0 Å². The van der Waals surface area contributed by atoms with Crippen molar-refractivity contribution in [3.8, 4) is 0 Å². The zero-order valence-corrected chi connectivity index (χ0v) is 18.1. The van der Waals surface area contributed by atoms with Crippen LogP contribution in [0.1, 0.15) is 83.1 Å². The highest BCUT2D eigenvalue weighted by Crippen LogP contribution is 2.42. The van der Waals surface area contributed by atoms with E-state index in [1.54, 1.807) is 37.1 Å². The van der Waals surface area contributed by atoms with Crippen molar-refractivity contribution in [2.75, 3.05) is 0 Å². The molecule has 1 saturated carbocycles. The number of benzene rings is 1. The van der Waals surface area contributed by atoms with Crippen LogP contribution in [0.5, 0.6) is 0 Å². The van der Waals surface area contributed by atoms with Gasteiger partial charge in [0.2, 0.25) is 0 Å². The summed E-state index contributed by atoms with van der Waals surface area (Å²) < 4.78 is 13.0. The second-order valence-electron chi connectivity index (χ2n) is 9.22. The van der Waals surface area contributed by atoms with Crippen LogP contribution < -0.4 is 0 Å². The zero-order valence-electron chi connectivity index (χ0n) is 16.9. The predicted octanol–water partition coefficient (Wildman–Crippen LogP) is 7.54. The molecule has 26 heavy (non-hydrogen) atoms. The van der Waals surface area contributed by atoms with Crippen molar-refractivity contribution in [1.82, 2.24) is 0 Å². The summed E-state index contributed by atoms with van der Waals surface area (Å²) in [5.74, 6) is 1.90. The van der Waals surface area contributed by atoms with Crippen LogP contribution in [-0.2, 0) is 6.42 Å². The van der Waals surface area contributed by atoms with Crippen LogP contribution in [0.2, 0.25) is 17.6 Å². The molecule has 1 aromatic carbocycles. The number of unbranched alkanes of at least 4 members (excludes halogenated alkanes) is 2. The largest absolute Gasteiger partial charge is 0.207 e. The van der Waals surface area contributed by atoms with E-state index in [4.69, 9.17) is 0 Å². The van der Waals surface area contributed by atoms with Crippen LogP contribution in [0.3, 0.4) is 0 Å². The third kappa shape index (κ3) is 6.22. The van der Waals surface area contributed by atoms with Gasteiger partial charge in [-0.25, -0.2) is 4.39 Å². The highest BCUT2D eigenvalue weighted by molar-refractivity contribution is 6.60. The Morgan fingerprint density at radius 1 is 0.846 bits per heavy atom. The average Bonchev–Trinajstić information content (AvgIpc) is 2.69. The summed E-state index contributed by atoms with van der Waals surface area (Å²) in [6, 6.07) is 10.5. The van der Waals surface area contributed by atoms with Crippen LogP contribution in [-0.4, -0.2) is 8.80 Å². The van der Waals surface area contributed by atoms with Crippen molar-refractivity contribution in [2.45, 2.75) is 102 Å². The van der Waals surface area contributed by atoms with Gasteiger partial charge < -0.3 is 0 Å². The highest BCUT2D eigenvalue weighted by atomic mass is 28.3. The SMILES string of the molecule is CCCCCC1CC[SiH](C2CCC(CCc3ccc(F)cc3)CC2)CC1. The summed E-state index contributed by atoms with van der Waals surface area (Å²) in [4.78, 5) is 0. The maximum Gasteiger partial charge on any atom is 0.123 e. The number of aryl methyl sites for hydroxylation is 1. The van der Waals surface area contributed by atoms with Crippen molar-refractivity contribution in [3.63, 3.8) is 0 Å². The van der Waals surface area contributed by atoms with Gasteiger partial charge in [0.1, 0.15) is 5.82 Å². The molecule has 0 N–H and O–H groups in total. The van der Waals surface area contributed by atoms with E-state index in [2.05, 4.69) is 6.92 Å². The van der Waals surface area contributed by atoms with Crippen molar-refractivity contribution < 1.29 is 4.39 Å². The van der Waals surface area contributed by atoms with E-state index in [-0.39, 0.29) is 5.82 Å². The van der Waals surface area contributed by atoms with Gasteiger partial charge in [0.05, 0.1) is 0 Å². The fourth-order valence-corrected chi connectivity index (χ4v) is 9.96. The topological polar surface area (TPSA) is 0 Å². The Morgan fingerprint density at radius 2 is 1.50 bits per heavy atom.